The quantitative estimate of drug-likeness (QED) is 0.599. The van der Waals surface area contributed by atoms with Gasteiger partial charge in [-0.2, -0.15) is 0 Å². The summed E-state index contributed by atoms with van der Waals surface area (Å²) in [6, 6.07) is 5.16. The van der Waals surface area contributed by atoms with Crippen LogP contribution < -0.4 is 9.47 Å². The summed E-state index contributed by atoms with van der Waals surface area (Å²) in [5.41, 5.74) is 0.727. The van der Waals surface area contributed by atoms with Crippen LogP contribution in [0.3, 0.4) is 0 Å². The smallest absolute Gasteiger partial charge is 0.229 e. The van der Waals surface area contributed by atoms with Crippen LogP contribution in [0.1, 0.15) is 12.5 Å². The molecule has 1 aliphatic rings. The van der Waals surface area contributed by atoms with E-state index in [2.05, 4.69) is 0 Å². The maximum Gasteiger partial charge on any atom is 0.229 e. The number of hydrogen-bond acceptors (Lipinski definition) is 7. The van der Waals surface area contributed by atoms with Gasteiger partial charge in [-0.25, -0.2) is 0 Å². The van der Waals surface area contributed by atoms with Gasteiger partial charge in [0.2, 0.25) is 6.29 Å². The molecule has 2 rings (SSSR count). The lowest BCUT2D eigenvalue weighted by Crippen LogP contribution is -2.60. The van der Waals surface area contributed by atoms with Crippen LogP contribution >= 0.6 is 0 Å². The standard InChI is InChI=1S/C16H22O7/c1-3-4-9-5-6-10(21-2)7-11(9)22-16-15(20)14(19)13(18)12(8-17)23-16/h3-7,12-20H,8H2,1-2H3/b4-3+/t12-,13-,14+,15-,16-/m1/s1. The molecule has 23 heavy (non-hydrogen) atoms. The summed E-state index contributed by atoms with van der Waals surface area (Å²) in [4.78, 5) is 0. The Bertz CT molecular complexity index is 543. The molecule has 0 unspecified atom stereocenters. The number of benzene rings is 1. The van der Waals surface area contributed by atoms with Gasteiger partial charge in [0.05, 0.1) is 13.7 Å². The lowest BCUT2D eigenvalue weighted by molar-refractivity contribution is -0.277. The summed E-state index contributed by atoms with van der Waals surface area (Å²) in [6.45, 7) is 1.34. The molecule has 1 aromatic carbocycles. The van der Waals surface area contributed by atoms with Crippen LogP contribution in [0.15, 0.2) is 24.3 Å². The Kier molecular flexibility index (Phi) is 5.97. The highest BCUT2D eigenvalue weighted by Crippen LogP contribution is 2.30. The molecule has 7 nitrogen and oxygen atoms in total. The Labute approximate surface area is 134 Å². The summed E-state index contributed by atoms with van der Waals surface area (Å²) in [6.07, 6.45) is -2.99. The Balaban J connectivity index is 2.26. The monoisotopic (exact) mass is 326 g/mol. The Hall–Kier alpha value is -1.64. The predicted octanol–water partition coefficient (Wildman–Crippen LogP) is -0.0930. The molecular formula is C16H22O7. The highest BCUT2D eigenvalue weighted by atomic mass is 16.7. The van der Waals surface area contributed by atoms with E-state index < -0.39 is 37.3 Å². The summed E-state index contributed by atoms with van der Waals surface area (Å²) in [5.74, 6) is 0.935. The van der Waals surface area contributed by atoms with Crippen LogP contribution in [0, 0.1) is 0 Å². The van der Waals surface area contributed by atoms with Crippen molar-refractivity contribution in [3.63, 3.8) is 0 Å². The Morgan fingerprint density at radius 1 is 1.17 bits per heavy atom. The first-order valence-electron chi connectivity index (χ1n) is 7.29. The van der Waals surface area contributed by atoms with Gasteiger partial charge in [-0.1, -0.05) is 12.2 Å². The number of hydrogen-bond donors (Lipinski definition) is 4. The number of ether oxygens (including phenoxy) is 3. The molecule has 0 aromatic heterocycles. The first-order chi connectivity index (χ1) is 11.0. The van der Waals surface area contributed by atoms with Crippen LogP contribution in [0.25, 0.3) is 6.08 Å². The van der Waals surface area contributed by atoms with E-state index in [1.807, 2.05) is 13.0 Å². The zero-order chi connectivity index (χ0) is 17.0. The van der Waals surface area contributed by atoms with Crippen LogP contribution in [-0.4, -0.2) is 64.8 Å². The molecule has 0 amide bonds. The van der Waals surface area contributed by atoms with Crippen molar-refractivity contribution in [2.24, 2.45) is 0 Å². The molecule has 0 saturated carbocycles. The predicted molar refractivity (Wildman–Crippen MR) is 82.1 cm³/mol. The number of rotatable bonds is 5. The summed E-state index contributed by atoms with van der Waals surface area (Å²) >= 11 is 0. The zero-order valence-electron chi connectivity index (χ0n) is 13.0. The SMILES string of the molecule is C/C=C/c1ccc(OC)cc1O[C@@H]1O[C@H](CO)[C@@H](O)[C@H](O)[C@H]1O. The van der Waals surface area contributed by atoms with Gasteiger partial charge in [0, 0.05) is 11.6 Å². The van der Waals surface area contributed by atoms with Crippen LogP contribution in [0.4, 0.5) is 0 Å². The summed E-state index contributed by atoms with van der Waals surface area (Å²) in [7, 11) is 1.52. The van der Waals surface area contributed by atoms with Crippen LogP contribution in [0.2, 0.25) is 0 Å². The second-order valence-corrected chi connectivity index (χ2v) is 5.22. The number of aliphatic hydroxyl groups excluding tert-OH is 4. The molecule has 1 saturated heterocycles. The first-order valence-corrected chi connectivity index (χ1v) is 7.29. The van der Waals surface area contributed by atoms with E-state index in [1.165, 1.54) is 7.11 Å². The molecular weight excluding hydrogens is 304 g/mol. The number of methoxy groups -OCH3 is 1. The molecule has 0 aliphatic carbocycles. The van der Waals surface area contributed by atoms with Crippen molar-refractivity contribution in [1.82, 2.24) is 0 Å². The molecule has 1 heterocycles. The maximum atomic E-state index is 10.0. The molecule has 1 aromatic rings. The largest absolute Gasteiger partial charge is 0.497 e. The minimum absolute atomic E-state index is 0.381. The normalized spacial score (nSPS) is 31.3. The summed E-state index contributed by atoms with van der Waals surface area (Å²) < 4.78 is 16.2. The third-order valence-corrected chi connectivity index (χ3v) is 3.66. The molecule has 1 aliphatic heterocycles. The van der Waals surface area contributed by atoms with E-state index >= 15 is 0 Å². The second-order valence-electron chi connectivity index (χ2n) is 5.22. The van der Waals surface area contributed by atoms with E-state index in [0.717, 1.165) is 5.56 Å². The van der Waals surface area contributed by atoms with E-state index in [1.54, 1.807) is 24.3 Å². The molecule has 4 N–H and O–H groups in total. The van der Waals surface area contributed by atoms with Gasteiger partial charge in [-0.3, -0.25) is 0 Å². The van der Waals surface area contributed by atoms with Gasteiger partial charge in [-0.15, -0.1) is 0 Å². The number of allylic oxidation sites excluding steroid dienone is 1. The van der Waals surface area contributed by atoms with E-state index in [9.17, 15) is 20.4 Å². The molecule has 5 atom stereocenters. The van der Waals surface area contributed by atoms with E-state index in [4.69, 9.17) is 14.2 Å². The van der Waals surface area contributed by atoms with Gasteiger partial charge in [0.1, 0.15) is 35.9 Å². The Morgan fingerprint density at radius 2 is 1.91 bits per heavy atom. The minimum Gasteiger partial charge on any atom is -0.497 e. The van der Waals surface area contributed by atoms with Crippen molar-refractivity contribution in [2.75, 3.05) is 13.7 Å². The first kappa shape index (κ1) is 17.7. The highest BCUT2D eigenvalue weighted by molar-refractivity contribution is 5.59. The molecule has 0 bridgehead atoms. The molecule has 0 spiro atoms. The Morgan fingerprint density at radius 3 is 2.52 bits per heavy atom. The van der Waals surface area contributed by atoms with Crippen molar-refractivity contribution < 1.29 is 34.6 Å². The van der Waals surface area contributed by atoms with Crippen molar-refractivity contribution in [2.45, 2.75) is 37.6 Å². The third-order valence-electron chi connectivity index (χ3n) is 3.66. The lowest BCUT2D eigenvalue weighted by Gasteiger charge is -2.39. The topological polar surface area (TPSA) is 109 Å². The third kappa shape index (κ3) is 3.82. The molecule has 7 heteroatoms. The van der Waals surface area contributed by atoms with Crippen molar-refractivity contribution in [1.29, 1.82) is 0 Å². The molecule has 0 radical (unpaired) electrons. The van der Waals surface area contributed by atoms with E-state index in [-0.39, 0.29) is 0 Å². The average molecular weight is 326 g/mol. The van der Waals surface area contributed by atoms with Crippen molar-refractivity contribution in [3.05, 3.63) is 29.8 Å². The minimum atomic E-state index is -1.48. The van der Waals surface area contributed by atoms with Gasteiger partial charge < -0.3 is 34.6 Å². The fourth-order valence-electron chi connectivity index (χ4n) is 2.35. The number of aliphatic hydroxyl groups is 4. The highest BCUT2D eigenvalue weighted by Gasteiger charge is 2.44. The van der Waals surface area contributed by atoms with Crippen molar-refractivity contribution in [3.8, 4) is 11.5 Å². The average Bonchev–Trinajstić information content (AvgIpc) is 2.57. The zero-order valence-corrected chi connectivity index (χ0v) is 13.0. The maximum absolute atomic E-state index is 10.0. The fourth-order valence-corrected chi connectivity index (χ4v) is 2.35. The van der Waals surface area contributed by atoms with Gasteiger partial charge >= 0.3 is 0 Å². The lowest BCUT2D eigenvalue weighted by atomic mass is 9.99. The van der Waals surface area contributed by atoms with E-state index in [0.29, 0.717) is 11.5 Å². The van der Waals surface area contributed by atoms with Crippen LogP contribution in [-0.2, 0) is 4.74 Å². The van der Waals surface area contributed by atoms with Gasteiger partial charge in [-0.05, 0) is 19.1 Å². The van der Waals surface area contributed by atoms with Crippen LogP contribution in [0.5, 0.6) is 11.5 Å². The summed E-state index contributed by atoms with van der Waals surface area (Å²) in [5, 5.41) is 38.8. The van der Waals surface area contributed by atoms with Gasteiger partial charge in [0.25, 0.3) is 0 Å². The molecule has 1 fully saturated rings. The van der Waals surface area contributed by atoms with Crippen molar-refractivity contribution >= 4 is 6.08 Å². The molecule has 128 valence electrons. The second kappa shape index (κ2) is 7.76. The fraction of sp³-hybridized carbons (Fsp3) is 0.500. The van der Waals surface area contributed by atoms with Gasteiger partial charge in [0.15, 0.2) is 0 Å².